The second kappa shape index (κ2) is 33.7. The molecule has 484 valence electrons. The lowest BCUT2D eigenvalue weighted by Gasteiger charge is -2.36. The van der Waals surface area contributed by atoms with Crippen molar-refractivity contribution in [2.24, 2.45) is 0 Å². The third-order valence-corrected chi connectivity index (χ3v) is 16.2. The molecule has 87 heavy (non-hydrogen) atoms. The van der Waals surface area contributed by atoms with E-state index in [0.717, 1.165) is 109 Å². The molecular weight excluding hydrogens is 1160 g/mol. The second-order valence-corrected chi connectivity index (χ2v) is 22.3. The predicted molar refractivity (Wildman–Crippen MR) is 302 cm³/mol. The summed E-state index contributed by atoms with van der Waals surface area (Å²) in [5, 5.41) is 0. The Hall–Kier alpha value is -5.84. The highest BCUT2D eigenvalue weighted by Crippen LogP contribution is 2.47. The molecule has 1 saturated heterocycles. The second-order valence-electron chi connectivity index (χ2n) is 22.3. The molecule has 0 spiro atoms. The van der Waals surface area contributed by atoms with Crippen LogP contribution in [0.5, 0.6) is 0 Å². The zero-order valence-electron chi connectivity index (χ0n) is 50.2. The zero-order valence-corrected chi connectivity index (χ0v) is 50.2. The fourth-order valence-electron chi connectivity index (χ4n) is 11.4. The summed E-state index contributed by atoms with van der Waals surface area (Å²) in [5.41, 5.74) is -12.1. The standard InChI is InChI=1S/C65H83F9O13/c1-6-7-8-9-10-11-12-13-14-26-39-52(86-58(78)61(81-4,64(69,70)71)48-32-21-16-22-33-48)54-41-42-55(85-54)53(87-59(79)62(82-5,65(72,73)74)49-34-23-17-24-35-49)40-27-18-25-36-50(75)37-28-29-38-51(44-46-43-45(2)83-56(46)76)84-57(77)60(80-3,63(66,67)68)47-30-19-15-20-31-47/h15-17,19-24,30-35,43,45,51-55H,6-14,18,25-29,36-42,44H2,1-5H3/t45-,51+,52+,53+,54+,55+,60-,61-,62-/m0/s1. The van der Waals surface area contributed by atoms with E-state index in [1.807, 2.05) is 0 Å². The molecule has 13 nitrogen and oxygen atoms in total. The molecule has 3 aromatic carbocycles. The van der Waals surface area contributed by atoms with Gasteiger partial charge in [0.05, 0.1) is 12.2 Å². The molecule has 0 radical (unpaired) electrons. The monoisotopic (exact) mass is 1240 g/mol. The third kappa shape index (κ3) is 18.6. The molecule has 0 unspecified atom stereocenters. The number of rotatable bonds is 38. The Morgan fingerprint density at radius 1 is 0.494 bits per heavy atom. The van der Waals surface area contributed by atoms with Crippen LogP contribution in [0.25, 0.3) is 0 Å². The fourth-order valence-corrected chi connectivity index (χ4v) is 11.4. The summed E-state index contributed by atoms with van der Waals surface area (Å²) in [6, 6.07) is 18.7. The van der Waals surface area contributed by atoms with Gasteiger partial charge in [-0.1, -0.05) is 162 Å². The van der Waals surface area contributed by atoms with Crippen LogP contribution < -0.4 is 0 Å². The van der Waals surface area contributed by atoms with Crippen molar-refractivity contribution in [3.05, 3.63) is 119 Å². The molecular formula is C65H83F9O13. The highest BCUT2D eigenvalue weighted by molar-refractivity contribution is 5.91. The molecule has 0 saturated carbocycles. The van der Waals surface area contributed by atoms with E-state index >= 15 is 26.3 Å². The molecule has 2 aliphatic heterocycles. The minimum atomic E-state index is -5.35. The number of Topliss-reactive ketones (excluding diaryl/α,β-unsaturated/α-hetero) is 1. The van der Waals surface area contributed by atoms with E-state index in [0.29, 0.717) is 19.3 Å². The van der Waals surface area contributed by atoms with Gasteiger partial charge in [0, 0.05) is 62.9 Å². The van der Waals surface area contributed by atoms with Gasteiger partial charge in [0.1, 0.15) is 30.2 Å². The molecule has 0 aromatic heterocycles. The maximum Gasteiger partial charge on any atom is 0.432 e. The van der Waals surface area contributed by atoms with Gasteiger partial charge in [-0.2, -0.15) is 39.5 Å². The smallest absolute Gasteiger partial charge is 0.432 e. The van der Waals surface area contributed by atoms with Crippen LogP contribution in [0, 0.1) is 0 Å². The number of ether oxygens (including phenoxy) is 8. The topological polar surface area (TPSA) is 159 Å². The minimum absolute atomic E-state index is 0.00919. The Bertz CT molecular complexity index is 2640. The van der Waals surface area contributed by atoms with Crippen molar-refractivity contribution in [3.8, 4) is 0 Å². The van der Waals surface area contributed by atoms with E-state index in [4.69, 9.17) is 37.9 Å². The quantitative estimate of drug-likeness (QED) is 0.0231. The first-order valence-electron chi connectivity index (χ1n) is 30.1. The minimum Gasteiger partial charge on any atom is -0.459 e. The first-order chi connectivity index (χ1) is 41.4. The number of carbonyl (C=O) groups excluding carboxylic acids is 5. The van der Waals surface area contributed by atoms with Crippen LogP contribution in [0.1, 0.15) is 178 Å². The molecule has 0 bridgehead atoms. The molecule has 22 heteroatoms. The van der Waals surface area contributed by atoms with Gasteiger partial charge in [-0.05, 0) is 77.2 Å². The molecule has 2 aliphatic rings. The Balaban J connectivity index is 1.29. The lowest BCUT2D eigenvalue weighted by atomic mass is 9.92. The van der Waals surface area contributed by atoms with Gasteiger partial charge in [-0.15, -0.1) is 0 Å². The molecule has 0 aliphatic carbocycles. The van der Waals surface area contributed by atoms with Crippen LogP contribution in [0.4, 0.5) is 39.5 Å². The molecule has 2 heterocycles. The van der Waals surface area contributed by atoms with Crippen molar-refractivity contribution in [1.29, 1.82) is 0 Å². The summed E-state index contributed by atoms with van der Waals surface area (Å²) in [5.74, 6) is -6.22. The van der Waals surface area contributed by atoms with Gasteiger partial charge >= 0.3 is 42.4 Å². The van der Waals surface area contributed by atoms with Gasteiger partial charge in [-0.3, -0.25) is 4.79 Å². The summed E-state index contributed by atoms with van der Waals surface area (Å²) < 4.78 is 179. The molecule has 5 rings (SSSR count). The maximum absolute atomic E-state index is 15.2. The van der Waals surface area contributed by atoms with Crippen LogP contribution >= 0.6 is 0 Å². The number of cyclic esters (lactones) is 1. The van der Waals surface area contributed by atoms with E-state index in [2.05, 4.69) is 6.92 Å². The van der Waals surface area contributed by atoms with Crippen molar-refractivity contribution in [1.82, 2.24) is 0 Å². The van der Waals surface area contributed by atoms with Crippen LogP contribution in [-0.2, 0) is 78.7 Å². The number of hydrogen-bond donors (Lipinski definition) is 0. The lowest BCUT2D eigenvalue weighted by molar-refractivity contribution is -0.281. The lowest BCUT2D eigenvalue weighted by Crippen LogP contribution is -2.53. The van der Waals surface area contributed by atoms with Crippen molar-refractivity contribution in [3.63, 3.8) is 0 Å². The van der Waals surface area contributed by atoms with Gasteiger partial charge in [0.15, 0.2) is 0 Å². The normalized spacial score (nSPS) is 19.6. The van der Waals surface area contributed by atoms with Crippen molar-refractivity contribution < 1.29 is 101 Å². The Morgan fingerprint density at radius 3 is 1.20 bits per heavy atom. The van der Waals surface area contributed by atoms with E-state index in [1.54, 1.807) is 6.92 Å². The zero-order chi connectivity index (χ0) is 63.9. The number of halogens is 9. The number of alkyl halides is 9. The number of benzene rings is 3. The van der Waals surface area contributed by atoms with Crippen LogP contribution in [-0.4, -0.2) is 106 Å². The first-order valence-corrected chi connectivity index (χ1v) is 30.1. The van der Waals surface area contributed by atoms with Gasteiger partial charge in [0.25, 0.3) is 16.8 Å². The highest BCUT2D eigenvalue weighted by Gasteiger charge is 2.67. The summed E-state index contributed by atoms with van der Waals surface area (Å²) in [6.45, 7) is 3.72. The largest absolute Gasteiger partial charge is 0.459 e. The SMILES string of the molecule is CCCCCCCCCCCC[C@@H](OC(=O)[C@@](OC)(c1ccccc1)C(F)(F)F)[C@H]1CC[C@H]([C@@H](CCCCCC(=O)CCCC[C@H](CC2=C[C@H](C)OC2=O)OC(=O)[C@@](OC)(c2ccccc2)C(F)(F)F)OC(=O)[C@@](OC)(c2ccccc2)C(F)(F)F)O1. The summed E-state index contributed by atoms with van der Waals surface area (Å²) in [6.07, 6.45) is -10.9. The number of ketones is 1. The number of esters is 4. The number of methoxy groups -OCH3 is 3. The Morgan fingerprint density at radius 2 is 0.839 bits per heavy atom. The van der Waals surface area contributed by atoms with E-state index in [-0.39, 0.29) is 88.4 Å². The van der Waals surface area contributed by atoms with Crippen molar-refractivity contribution in [2.45, 2.75) is 233 Å². The van der Waals surface area contributed by atoms with Crippen molar-refractivity contribution in [2.75, 3.05) is 21.3 Å². The molecule has 0 N–H and O–H groups in total. The third-order valence-electron chi connectivity index (χ3n) is 16.2. The molecule has 1 fully saturated rings. The predicted octanol–water partition coefficient (Wildman–Crippen LogP) is 15.2. The van der Waals surface area contributed by atoms with Gasteiger partial charge < -0.3 is 37.9 Å². The van der Waals surface area contributed by atoms with Crippen LogP contribution in [0.2, 0.25) is 0 Å². The summed E-state index contributed by atoms with van der Waals surface area (Å²) in [4.78, 5) is 67.7. The average molecular weight is 1240 g/mol. The summed E-state index contributed by atoms with van der Waals surface area (Å²) >= 11 is 0. The van der Waals surface area contributed by atoms with Gasteiger partial charge in [0.2, 0.25) is 0 Å². The average Bonchev–Trinajstić information content (AvgIpc) is 1.28. The fraction of sp³-hybridized carbons (Fsp3) is 0.615. The Kier molecular flexibility index (Phi) is 27.8. The van der Waals surface area contributed by atoms with E-state index in [9.17, 15) is 37.1 Å². The van der Waals surface area contributed by atoms with E-state index < -0.39 is 113 Å². The number of carbonyl (C=O) groups is 5. The maximum atomic E-state index is 15.2. The van der Waals surface area contributed by atoms with Gasteiger partial charge in [-0.25, -0.2) is 19.2 Å². The molecule has 3 aromatic rings. The summed E-state index contributed by atoms with van der Waals surface area (Å²) in [7, 11) is 2.20. The number of hydrogen-bond acceptors (Lipinski definition) is 13. The van der Waals surface area contributed by atoms with Crippen molar-refractivity contribution >= 4 is 29.7 Å². The number of unbranched alkanes of at least 4 members (excludes halogenated alkanes) is 12. The molecule has 0 amide bonds. The highest BCUT2D eigenvalue weighted by atomic mass is 19.4. The van der Waals surface area contributed by atoms with E-state index in [1.165, 1.54) is 60.7 Å². The van der Waals surface area contributed by atoms with Crippen LogP contribution in [0.3, 0.4) is 0 Å². The molecule has 9 atom stereocenters. The van der Waals surface area contributed by atoms with Crippen LogP contribution in [0.15, 0.2) is 103 Å². The Labute approximate surface area is 503 Å². The first kappa shape index (κ1) is 71.9.